The molecule has 4 heteroatoms. The highest BCUT2D eigenvalue weighted by Gasteiger charge is 2.12. The normalized spacial score (nSPS) is 13.3. The van der Waals surface area contributed by atoms with E-state index in [-0.39, 0.29) is 5.91 Å². The fourth-order valence-corrected chi connectivity index (χ4v) is 1.95. The van der Waals surface area contributed by atoms with Gasteiger partial charge in [0.25, 0.3) is 0 Å². The van der Waals surface area contributed by atoms with Gasteiger partial charge in [0.05, 0.1) is 6.54 Å². The lowest BCUT2D eigenvalue weighted by molar-refractivity contribution is -0.119. The highest BCUT2D eigenvalue weighted by Crippen LogP contribution is 2.21. The molecule has 0 radical (unpaired) electrons. The van der Waals surface area contributed by atoms with Crippen LogP contribution in [0.1, 0.15) is 24.6 Å². The molecule has 2 N–H and O–H groups in total. The third-order valence-corrected chi connectivity index (χ3v) is 2.73. The van der Waals surface area contributed by atoms with E-state index in [9.17, 15) is 4.79 Å². The van der Waals surface area contributed by atoms with Gasteiger partial charge in [0.1, 0.15) is 5.82 Å². The molecule has 4 nitrogen and oxygen atoms in total. The van der Waals surface area contributed by atoms with E-state index in [1.807, 2.05) is 13.0 Å². The summed E-state index contributed by atoms with van der Waals surface area (Å²) in [5.74, 6) is 0.803. The number of aryl methyl sites for hydroxylation is 2. The first kappa shape index (κ1) is 10.9. The Morgan fingerprint density at radius 2 is 2.31 bits per heavy atom. The minimum Gasteiger partial charge on any atom is -0.361 e. The molecule has 1 heterocycles. The van der Waals surface area contributed by atoms with Crippen LogP contribution in [0.15, 0.2) is 12.1 Å². The standard InChI is InChI=1S/C12H17N3O/c1-2-13-12(16)8-14-11-7-6-9-4-3-5-10(9)15-11/h6-7H,2-5,8H2,1H3,(H,13,16)(H,14,15). The molecule has 1 amide bonds. The Hall–Kier alpha value is -1.58. The minimum atomic E-state index is 0.00444. The van der Waals surface area contributed by atoms with Crippen molar-refractivity contribution >= 4 is 11.7 Å². The second kappa shape index (κ2) is 4.96. The van der Waals surface area contributed by atoms with Crippen LogP contribution in [0.3, 0.4) is 0 Å². The van der Waals surface area contributed by atoms with Gasteiger partial charge in [-0.25, -0.2) is 4.98 Å². The van der Waals surface area contributed by atoms with E-state index in [0.29, 0.717) is 13.1 Å². The van der Waals surface area contributed by atoms with Crippen molar-refractivity contribution in [2.75, 3.05) is 18.4 Å². The molecule has 0 saturated heterocycles. The molecule has 0 fully saturated rings. The van der Waals surface area contributed by atoms with Gasteiger partial charge < -0.3 is 10.6 Å². The Morgan fingerprint density at radius 3 is 3.12 bits per heavy atom. The molecule has 16 heavy (non-hydrogen) atoms. The molecular formula is C12H17N3O. The summed E-state index contributed by atoms with van der Waals surface area (Å²) in [5, 5.41) is 5.77. The molecule has 0 bridgehead atoms. The van der Waals surface area contributed by atoms with Crippen molar-refractivity contribution in [2.45, 2.75) is 26.2 Å². The van der Waals surface area contributed by atoms with E-state index in [4.69, 9.17) is 0 Å². The largest absolute Gasteiger partial charge is 0.361 e. The lowest BCUT2D eigenvalue weighted by atomic mass is 10.2. The Labute approximate surface area is 95.5 Å². The zero-order valence-electron chi connectivity index (χ0n) is 9.55. The first-order chi connectivity index (χ1) is 7.79. The number of anilines is 1. The molecule has 1 aromatic rings. The maximum Gasteiger partial charge on any atom is 0.239 e. The lowest BCUT2D eigenvalue weighted by Gasteiger charge is -2.07. The molecule has 0 atom stereocenters. The lowest BCUT2D eigenvalue weighted by Crippen LogP contribution is -2.29. The van der Waals surface area contributed by atoms with Crippen LogP contribution in [0.4, 0.5) is 5.82 Å². The quantitative estimate of drug-likeness (QED) is 0.798. The number of fused-ring (bicyclic) bond motifs is 1. The Bertz CT molecular complexity index is 390. The number of carbonyl (C=O) groups is 1. The van der Waals surface area contributed by atoms with Gasteiger partial charge in [-0.3, -0.25) is 4.79 Å². The first-order valence-electron chi connectivity index (χ1n) is 5.79. The molecule has 1 aliphatic carbocycles. The van der Waals surface area contributed by atoms with Gasteiger partial charge in [-0.1, -0.05) is 6.07 Å². The summed E-state index contributed by atoms with van der Waals surface area (Å²) in [5.41, 5.74) is 2.53. The van der Waals surface area contributed by atoms with E-state index < -0.39 is 0 Å². The van der Waals surface area contributed by atoms with E-state index in [1.165, 1.54) is 17.7 Å². The van der Waals surface area contributed by atoms with E-state index in [1.54, 1.807) is 0 Å². The fraction of sp³-hybridized carbons (Fsp3) is 0.500. The van der Waals surface area contributed by atoms with Gasteiger partial charge in [0.15, 0.2) is 0 Å². The zero-order valence-corrected chi connectivity index (χ0v) is 9.55. The first-order valence-corrected chi connectivity index (χ1v) is 5.79. The van der Waals surface area contributed by atoms with Crippen molar-refractivity contribution in [1.82, 2.24) is 10.3 Å². The molecule has 1 aromatic heterocycles. The molecule has 0 aromatic carbocycles. The molecular weight excluding hydrogens is 202 g/mol. The van der Waals surface area contributed by atoms with Crippen LogP contribution in [0.5, 0.6) is 0 Å². The maximum absolute atomic E-state index is 11.2. The Balaban J connectivity index is 1.93. The van der Waals surface area contributed by atoms with Crippen LogP contribution in [0.2, 0.25) is 0 Å². The molecule has 0 aliphatic heterocycles. The van der Waals surface area contributed by atoms with E-state index >= 15 is 0 Å². The number of carbonyl (C=O) groups excluding carboxylic acids is 1. The van der Waals surface area contributed by atoms with Gasteiger partial charge >= 0.3 is 0 Å². The van der Waals surface area contributed by atoms with Crippen LogP contribution in [0.25, 0.3) is 0 Å². The Kier molecular flexibility index (Phi) is 3.39. The molecule has 0 saturated carbocycles. The van der Waals surface area contributed by atoms with Gasteiger partial charge in [0.2, 0.25) is 5.91 Å². The number of nitrogens with zero attached hydrogens (tertiary/aromatic N) is 1. The fourth-order valence-electron chi connectivity index (χ4n) is 1.95. The summed E-state index contributed by atoms with van der Waals surface area (Å²) in [6.45, 7) is 2.86. The number of rotatable bonds is 4. The highest BCUT2D eigenvalue weighted by atomic mass is 16.1. The minimum absolute atomic E-state index is 0.00444. The maximum atomic E-state index is 11.2. The molecule has 1 aliphatic rings. The Morgan fingerprint density at radius 1 is 1.44 bits per heavy atom. The monoisotopic (exact) mass is 219 g/mol. The van der Waals surface area contributed by atoms with Crippen LogP contribution in [0, 0.1) is 0 Å². The number of nitrogens with one attached hydrogen (secondary N) is 2. The molecule has 0 spiro atoms. The molecule has 86 valence electrons. The second-order valence-electron chi connectivity index (χ2n) is 3.96. The summed E-state index contributed by atoms with van der Waals surface area (Å²) >= 11 is 0. The average molecular weight is 219 g/mol. The van der Waals surface area contributed by atoms with Crippen LogP contribution < -0.4 is 10.6 Å². The van der Waals surface area contributed by atoms with Crippen LogP contribution >= 0.6 is 0 Å². The third-order valence-electron chi connectivity index (χ3n) is 2.73. The van der Waals surface area contributed by atoms with E-state index in [0.717, 1.165) is 18.7 Å². The summed E-state index contributed by atoms with van der Waals surface area (Å²) < 4.78 is 0. The number of hydrogen-bond donors (Lipinski definition) is 2. The number of hydrogen-bond acceptors (Lipinski definition) is 3. The van der Waals surface area contributed by atoms with Gasteiger partial charge in [0, 0.05) is 12.2 Å². The van der Waals surface area contributed by atoms with Gasteiger partial charge in [-0.2, -0.15) is 0 Å². The van der Waals surface area contributed by atoms with Crippen LogP contribution in [-0.4, -0.2) is 24.0 Å². The van der Waals surface area contributed by atoms with Crippen molar-refractivity contribution in [1.29, 1.82) is 0 Å². The summed E-state index contributed by atoms with van der Waals surface area (Å²) in [6.07, 6.45) is 3.40. The van der Waals surface area contributed by atoms with Crippen molar-refractivity contribution in [3.05, 3.63) is 23.4 Å². The smallest absolute Gasteiger partial charge is 0.239 e. The van der Waals surface area contributed by atoms with Gasteiger partial charge in [-0.05, 0) is 37.8 Å². The third kappa shape index (κ3) is 2.51. The van der Waals surface area contributed by atoms with E-state index in [2.05, 4.69) is 21.7 Å². The van der Waals surface area contributed by atoms with Crippen molar-refractivity contribution < 1.29 is 4.79 Å². The number of amides is 1. The average Bonchev–Trinajstić information content (AvgIpc) is 2.74. The SMILES string of the molecule is CCNC(=O)CNc1ccc2c(n1)CCC2. The number of pyridine rings is 1. The summed E-state index contributed by atoms with van der Waals surface area (Å²) in [6, 6.07) is 4.05. The zero-order chi connectivity index (χ0) is 11.4. The van der Waals surface area contributed by atoms with Crippen molar-refractivity contribution in [2.24, 2.45) is 0 Å². The predicted molar refractivity (Wildman–Crippen MR) is 63.4 cm³/mol. The second-order valence-corrected chi connectivity index (χ2v) is 3.96. The highest BCUT2D eigenvalue weighted by molar-refractivity contribution is 5.80. The van der Waals surface area contributed by atoms with Crippen molar-refractivity contribution in [3.8, 4) is 0 Å². The van der Waals surface area contributed by atoms with Gasteiger partial charge in [-0.15, -0.1) is 0 Å². The van der Waals surface area contributed by atoms with Crippen LogP contribution in [-0.2, 0) is 17.6 Å². The van der Waals surface area contributed by atoms with Crippen molar-refractivity contribution in [3.63, 3.8) is 0 Å². The summed E-state index contributed by atoms with van der Waals surface area (Å²) in [7, 11) is 0. The summed E-state index contributed by atoms with van der Waals surface area (Å²) in [4.78, 5) is 15.7. The predicted octanol–water partition coefficient (Wildman–Crippen LogP) is 1.12. The molecule has 2 rings (SSSR count). The molecule has 0 unspecified atom stereocenters. The topological polar surface area (TPSA) is 54.0 Å². The number of aromatic nitrogens is 1. The number of likely N-dealkylation sites (N-methyl/N-ethyl adjacent to an activating group) is 1.